The number of hydrogen-bond acceptors (Lipinski definition) is 2. The van der Waals surface area contributed by atoms with Gasteiger partial charge in [-0.2, -0.15) is 0 Å². The number of carbonyl (C=O) groups is 1. The van der Waals surface area contributed by atoms with Crippen LogP contribution in [-0.4, -0.2) is 16.1 Å². The molecule has 0 amide bonds. The van der Waals surface area contributed by atoms with Crippen molar-refractivity contribution in [3.8, 4) is 11.8 Å². The molecule has 0 bridgehead atoms. The molecule has 0 radical (unpaired) electrons. The van der Waals surface area contributed by atoms with E-state index in [4.69, 9.17) is 5.11 Å². The summed E-state index contributed by atoms with van der Waals surface area (Å²) in [6.45, 7) is 0. The Labute approximate surface area is 92.7 Å². The van der Waals surface area contributed by atoms with Gasteiger partial charge in [-0.05, 0) is 12.1 Å². The number of para-hydroxylation sites is 1. The van der Waals surface area contributed by atoms with E-state index in [0.717, 1.165) is 16.5 Å². The first-order chi connectivity index (χ1) is 7.77. The molecule has 0 aliphatic rings. The van der Waals surface area contributed by atoms with Gasteiger partial charge in [0.05, 0.1) is 11.1 Å². The zero-order valence-corrected chi connectivity index (χ0v) is 8.47. The Bertz CT molecular complexity index is 588. The van der Waals surface area contributed by atoms with Crippen molar-refractivity contribution >= 4 is 16.9 Å². The fourth-order valence-electron chi connectivity index (χ4n) is 1.42. The maximum atomic E-state index is 10.3. The van der Waals surface area contributed by atoms with E-state index in [9.17, 15) is 4.79 Å². The highest BCUT2D eigenvalue weighted by Crippen LogP contribution is 2.14. The van der Waals surface area contributed by atoms with Gasteiger partial charge in [0.25, 0.3) is 0 Å². The number of carboxylic acid groups (broad SMARTS) is 1. The van der Waals surface area contributed by atoms with Gasteiger partial charge in [0.15, 0.2) is 0 Å². The van der Waals surface area contributed by atoms with Gasteiger partial charge < -0.3 is 5.11 Å². The van der Waals surface area contributed by atoms with Crippen LogP contribution in [0.3, 0.4) is 0 Å². The van der Waals surface area contributed by atoms with Crippen molar-refractivity contribution in [1.29, 1.82) is 0 Å². The molecule has 1 N–H and O–H groups in total. The summed E-state index contributed by atoms with van der Waals surface area (Å²) >= 11 is 0. The van der Waals surface area contributed by atoms with Gasteiger partial charge in [0, 0.05) is 11.6 Å². The molecular weight excluding hydrogens is 202 g/mol. The molecule has 0 spiro atoms. The van der Waals surface area contributed by atoms with Gasteiger partial charge in [-0.3, -0.25) is 9.78 Å². The van der Waals surface area contributed by atoms with E-state index in [1.54, 1.807) is 6.20 Å². The Balaban J connectivity index is 2.43. The Kier molecular flexibility index (Phi) is 2.84. The van der Waals surface area contributed by atoms with Crippen LogP contribution in [0.1, 0.15) is 12.0 Å². The second-order valence-corrected chi connectivity index (χ2v) is 3.25. The molecule has 1 aromatic carbocycles. The topological polar surface area (TPSA) is 50.2 Å². The average Bonchev–Trinajstić information content (AvgIpc) is 2.29. The van der Waals surface area contributed by atoms with Gasteiger partial charge in [0.2, 0.25) is 0 Å². The maximum absolute atomic E-state index is 10.3. The van der Waals surface area contributed by atoms with Crippen molar-refractivity contribution in [3.05, 3.63) is 42.1 Å². The van der Waals surface area contributed by atoms with E-state index in [-0.39, 0.29) is 6.42 Å². The highest BCUT2D eigenvalue weighted by Gasteiger charge is 1.97. The van der Waals surface area contributed by atoms with Crippen LogP contribution < -0.4 is 0 Å². The maximum Gasteiger partial charge on any atom is 0.315 e. The van der Waals surface area contributed by atoms with Gasteiger partial charge in [-0.1, -0.05) is 30.0 Å². The van der Waals surface area contributed by atoms with Crippen LogP contribution >= 0.6 is 0 Å². The van der Waals surface area contributed by atoms with Crippen molar-refractivity contribution < 1.29 is 9.90 Å². The fraction of sp³-hybridized carbons (Fsp3) is 0.0769. The Morgan fingerprint density at radius 1 is 1.31 bits per heavy atom. The lowest BCUT2D eigenvalue weighted by molar-refractivity contribution is -0.135. The largest absolute Gasteiger partial charge is 0.481 e. The van der Waals surface area contributed by atoms with Crippen LogP contribution in [0.15, 0.2) is 36.5 Å². The van der Waals surface area contributed by atoms with Crippen LogP contribution in [0.25, 0.3) is 10.9 Å². The molecule has 0 unspecified atom stereocenters. The van der Waals surface area contributed by atoms with Crippen LogP contribution in [-0.2, 0) is 4.79 Å². The van der Waals surface area contributed by atoms with E-state index in [2.05, 4.69) is 16.8 Å². The predicted molar refractivity (Wildman–Crippen MR) is 60.9 cm³/mol. The molecule has 0 aliphatic carbocycles. The van der Waals surface area contributed by atoms with Crippen LogP contribution in [0.2, 0.25) is 0 Å². The molecule has 3 heteroatoms. The first-order valence-electron chi connectivity index (χ1n) is 4.82. The number of carboxylic acids is 1. The Morgan fingerprint density at radius 3 is 2.94 bits per heavy atom. The summed E-state index contributed by atoms with van der Waals surface area (Å²) in [6, 6.07) is 9.48. The highest BCUT2D eigenvalue weighted by atomic mass is 16.4. The number of rotatable bonds is 1. The first kappa shape index (κ1) is 10.2. The highest BCUT2D eigenvalue weighted by molar-refractivity contribution is 5.84. The smallest absolute Gasteiger partial charge is 0.315 e. The number of aromatic nitrogens is 1. The summed E-state index contributed by atoms with van der Waals surface area (Å²) in [5.41, 5.74) is 1.57. The molecule has 78 valence electrons. The number of benzene rings is 1. The second kappa shape index (κ2) is 4.45. The van der Waals surface area contributed by atoms with Gasteiger partial charge in [-0.25, -0.2) is 0 Å². The molecule has 0 saturated carbocycles. The second-order valence-electron chi connectivity index (χ2n) is 3.25. The van der Waals surface area contributed by atoms with E-state index in [0.29, 0.717) is 0 Å². The molecule has 0 saturated heterocycles. The van der Waals surface area contributed by atoms with Gasteiger partial charge in [0.1, 0.15) is 6.42 Å². The zero-order valence-electron chi connectivity index (χ0n) is 8.47. The van der Waals surface area contributed by atoms with Crippen molar-refractivity contribution in [3.63, 3.8) is 0 Å². The first-order valence-corrected chi connectivity index (χ1v) is 4.82. The summed E-state index contributed by atoms with van der Waals surface area (Å²) in [7, 11) is 0. The summed E-state index contributed by atoms with van der Waals surface area (Å²) in [5, 5.41) is 9.49. The third-order valence-corrected chi connectivity index (χ3v) is 2.10. The molecule has 3 nitrogen and oxygen atoms in total. The normalized spacial score (nSPS) is 9.50. The van der Waals surface area contributed by atoms with Gasteiger partial charge in [-0.15, -0.1) is 0 Å². The molecule has 0 atom stereocenters. The zero-order chi connectivity index (χ0) is 11.4. The minimum Gasteiger partial charge on any atom is -0.481 e. The quantitative estimate of drug-likeness (QED) is 0.734. The third-order valence-electron chi connectivity index (χ3n) is 2.10. The molecule has 1 heterocycles. The van der Waals surface area contributed by atoms with Crippen LogP contribution in [0.5, 0.6) is 0 Å². The summed E-state index contributed by atoms with van der Waals surface area (Å²) in [6.07, 6.45) is 1.55. The number of aliphatic carboxylic acids is 1. The molecule has 2 rings (SSSR count). The fourth-order valence-corrected chi connectivity index (χ4v) is 1.42. The SMILES string of the molecule is O=C(O)CC#Cc1cccc2cccnc12. The summed E-state index contributed by atoms with van der Waals surface area (Å²) in [5.74, 6) is 4.51. The predicted octanol–water partition coefficient (Wildman–Crippen LogP) is 2.06. The minimum atomic E-state index is -0.916. The molecule has 16 heavy (non-hydrogen) atoms. The summed E-state index contributed by atoms with van der Waals surface area (Å²) in [4.78, 5) is 14.6. The molecule has 1 aromatic heterocycles. The molecule has 0 aliphatic heterocycles. The third kappa shape index (κ3) is 2.18. The van der Waals surface area contributed by atoms with E-state index in [1.165, 1.54) is 0 Å². The standard InChI is InChI=1S/C13H9NO2/c15-12(16)8-2-6-10-4-1-5-11-7-3-9-14-13(10)11/h1,3-5,7,9H,8H2,(H,15,16). The van der Waals surface area contributed by atoms with E-state index in [1.807, 2.05) is 30.3 Å². The van der Waals surface area contributed by atoms with E-state index >= 15 is 0 Å². The van der Waals surface area contributed by atoms with Crippen molar-refractivity contribution in [2.45, 2.75) is 6.42 Å². The van der Waals surface area contributed by atoms with Crippen LogP contribution in [0.4, 0.5) is 0 Å². The van der Waals surface area contributed by atoms with E-state index < -0.39 is 5.97 Å². The van der Waals surface area contributed by atoms with Crippen molar-refractivity contribution in [2.75, 3.05) is 0 Å². The Morgan fingerprint density at radius 2 is 2.12 bits per heavy atom. The number of hydrogen-bond donors (Lipinski definition) is 1. The lowest BCUT2D eigenvalue weighted by atomic mass is 10.1. The number of nitrogens with zero attached hydrogens (tertiary/aromatic N) is 1. The number of pyridine rings is 1. The molecule has 0 fully saturated rings. The van der Waals surface area contributed by atoms with Crippen molar-refractivity contribution in [2.24, 2.45) is 0 Å². The Hall–Kier alpha value is -2.34. The number of fused-ring (bicyclic) bond motifs is 1. The van der Waals surface area contributed by atoms with Crippen molar-refractivity contribution in [1.82, 2.24) is 4.98 Å². The molecular formula is C13H9NO2. The summed E-state index contributed by atoms with van der Waals surface area (Å²) < 4.78 is 0. The van der Waals surface area contributed by atoms with Gasteiger partial charge >= 0.3 is 5.97 Å². The lowest BCUT2D eigenvalue weighted by Crippen LogP contribution is -1.90. The average molecular weight is 211 g/mol. The minimum absolute atomic E-state index is 0.150. The monoisotopic (exact) mass is 211 g/mol. The van der Waals surface area contributed by atoms with Crippen LogP contribution in [0, 0.1) is 11.8 Å². The molecule has 2 aromatic rings. The lowest BCUT2D eigenvalue weighted by Gasteiger charge is -1.97.